The minimum Gasteiger partial charge on any atom is -0.372 e. The SMILES string of the molecule is CCCCCOC(CNC)c1ccccc1F. The van der Waals surface area contributed by atoms with Crippen molar-refractivity contribution in [3.63, 3.8) is 0 Å². The number of unbranched alkanes of at least 4 members (excludes halogenated alkanes) is 2. The van der Waals surface area contributed by atoms with Crippen molar-refractivity contribution in [2.75, 3.05) is 20.2 Å². The summed E-state index contributed by atoms with van der Waals surface area (Å²) in [6, 6.07) is 6.81. The molecular formula is C14H22FNO. The van der Waals surface area contributed by atoms with Gasteiger partial charge in [0.2, 0.25) is 0 Å². The number of likely N-dealkylation sites (N-methyl/N-ethyl adjacent to an activating group) is 1. The van der Waals surface area contributed by atoms with Crippen LogP contribution in [0.3, 0.4) is 0 Å². The molecule has 0 saturated carbocycles. The van der Waals surface area contributed by atoms with Gasteiger partial charge in [0, 0.05) is 18.7 Å². The molecule has 1 N–H and O–H groups in total. The topological polar surface area (TPSA) is 21.3 Å². The zero-order chi connectivity index (χ0) is 12.5. The second-order valence-corrected chi connectivity index (χ2v) is 4.15. The van der Waals surface area contributed by atoms with Gasteiger partial charge in [-0.05, 0) is 19.5 Å². The predicted molar refractivity (Wildman–Crippen MR) is 68.5 cm³/mol. The van der Waals surface area contributed by atoms with Crippen molar-refractivity contribution in [3.8, 4) is 0 Å². The highest BCUT2D eigenvalue weighted by Crippen LogP contribution is 2.20. The highest BCUT2D eigenvalue weighted by molar-refractivity contribution is 5.20. The van der Waals surface area contributed by atoms with Crippen LogP contribution in [-0.4, -0.2) is 20.2 Å². The molecule has 3 heteroatoms. The molecule has 0 amide bonds. The van der Waals surface area contributed by atoms with Crippen LogP contribution in [-0.2, 0) is 4.74 Å². The van der Waals surface area contributed by atoms with Gasteiger partial charge in [-0.1, -0.05) is 38.0 Å². The van der Waals surface area contributed by atoms with E-state index in [2.05, 4.69) is 12.2 Å². The Morgan fingerprint density at radius 2 is 2.06 bits per heavy atom. The first-order chi connectivity index (χ1) is 8.29. The summed E-state index contributed by atoms with van der Waals surface area (Å²) in [6.45, 7) is 3.48. The lowest BCUT2D eigenvalue weighted by atomic mass is 10.1. The van der Waals surface area contributed by atoms with Crippen molar-refractivity contribution in [3.05, 3.63) is 35.6 Å². The Bertz CT molecular complexity index is 317. The lowest BCUT2D eigenvalue weighted by Gasteiger charge is -2.18. The Labute approximate surface area is 103 Å². The maximum atomic E-state index is 13.6. The van der Waals surface area contributed by atoms with Crippen molar-refractivity contribution in [2.24, 2.45) is 0 Å². The van der Waals surface area contributed by atoms with Crippen molar-refractivity contribution in [1.29, 1.82) is 0 Å². The Morgan fingerprint density at radius 3 is 2.71 bits per heavy atom. The summed E-state index contributed by atoms with van der Waals surface area (Å²) in [4.78, 5) is 0. The van der Waals surface area contributed by atoms with Crippen LogP contribution in [0.15, 0.2) is 24.3 Å². The molecule has 1 aromatic carbocycles. The van der Waals surface area contributed by atoms with E-state index in [0.29, 0.717) is 18.7 Å². The molecule has 2 nitrogen and oxygen atoms in total. The Hall–Kier alpha value is -0.930. The van der Waals surface area contributed by atoms with Crippen LogP contribution in [0.25, 0.3) is 0 Å². The number of hydrogen-bond donors (Lipinski definition) is 1. The molecule has 1 unspecified atom stereocenters. The number of rotatable bonds is 8. The summed E-state index contributed by atoms with van der Waals surface area (Å²) in [5.41, 5.74) is 0.637. The third-order valence-corrected chi connectivity index (χ3v) is 2.71. The van der Waals surface area contributed by atoms with Crippen LogP contribution in [0.4, 0.5) is 4.39 Å². The maximum absolute atomic E-state index is 13.6. The molecule has 17 heavy (non-hydrogen) atoms. The van der Waals surface area contributed by atoms with Crippen molar-refractivity contribution < 1.29 is 9.13 Å². The van der Waals surface area contributed by atoms with E-state index in [4.69, 9.17) is 4.74 Å². The molecule has 0 aliphatic heterocycles. The number of nitrogens with one attached hydrogen (secondary N) is 1. The molecule has 1 aromatic rings. The van der Waals surface area contributed by atoms with Crippen LogP contribution in [0.5, 0.6) is 0 Å². The van der Waals surface area contributed by atoms with Gasteiger partial charge < -0.3 is 10.1 Å². The van der Waals surface area contributed by atoms with Gasteiger partial charge in [-0.15, -0.1) is 0 Å². The quantitative estimate of drug-likeness (QED) is 0.703. The maximum Gasteiger partial charge on any atom is 0.129 e. The van der Waals surface area contributed by atoms with Crippen LogP contribution >= 0.6 is 0 Å². The lowest BCUT2D eigenvalue weighted by Crippen LogP contribution is -2.21. The lowest BCUT2D eigenvalue weighted by molar-refractivity contribution is 0.0490. The van der Waals surface area contributed by atoms with E-state index in [1.165, 1.54) is 12.5 Å². The van der Waals surface area contributed by atoms with Gasteiger partial charge in [0.1, 0.15) is 5.82 Å². The molecule has 0 spiro atoms. The van der Waals surface area contributed by atoms with E-state index >= 15 is 0 Å². The van der Waals surface area contributed by atoms with Gasteiger partial charge in [-0.3, -0.25) is 0 Å². The third-order valence-electron chi connectivity index (χ3n) is 2.71. The van der Waals surface area contributed by atoms with Gasteiger partial charge >= 0.3 is 0 Å². The van der Waals surface area contributed by atoms with Gasteiger partial charge in [0.15, 0.2) is 0 Å². The average Bonchev–Trinajstić information content (AvgIpc) is 2.34. The van der Waals surface area contributed by atoms with E-state index in [9.17, 15) is 4.39 Å². The van der Waals surface area contributed by atoms with Gasteiger partial charge in [0.25, 0.3) is 0 Å². The second kappa shape index (κ2) is 8.20. The molecule has 0 radical (unpaired) electrons. The predicted octanol–water partition coefficient (Wildman–Crippen LogP) is 3.29. The Morgan fingerprint density at radius 1 is 1.29 bits per heavy atom. The van der Waals surface area contributed by atoms with E-state index in [1.54, 1.807) is 12.1 Å². The highest BCUT2D eigenvalue weighted by atomic mass is 19.1. The molecule has 0 aliphatic carbocycles. The molecule has 0 heterocycles. The summed E-state index contributed by atoms with van der Waals surface area (Å²) in [5.74, 6) is -0.191. The highest BCUT2D eigenvalue weighted by Gasteiger charge is 2.14. The molecular weight excluding hydrogens is 217 g/mol. The monoisotopic (exact) mass is 239 g/mol. The molecule has 0 aromatic heterocycles. The van der Waals surface area contributed by atoms with Crippen molar-refractivity contribution >= 4 is 0 Å². The van der Waals surface area contributed by atoms with Gasteiger partial charge in [0.05, 0.1) is 6.10 Å². The largest absolute Gasteiger partial charge is 0.372 e. The van der Waals surface area contributed by atoms with Crippen LogP contribution in [0.2, 0.25) is 0 Å². The summed E-state index contributed by atoms with van der Waals surface area (Å²) in [7, 11) is 1.85. The van der Waals surface area contributed by atoms with Crippen LogP contribution in [0.1, 0.15) is 37.9 Å². The molecule has 1 atom stereocenters. The van der Waals surface area contributed by atoms with E-state index < -0.39 is 0 Å². The Kier molecular flexibility index (Phi) is 6.82. The third kappa shape index (κ3) is 4.84. The van der Waals surface area contributed by atoms with E-state index in [-0.39, 0.29) is 11.9 Å². The standard InChI is InChI=1S/C14H22FNO/c1-3-4-7-10-17-14(11-16-2)12-8-5-6-9-13(12)15/h5-6,8-9,14,16H,3-4,7,10-11H2,1-2H3. The number of halogens is 1. The summed E-state index contributed by atoms with van der Waals surface area (Å²) >= 11 is 0. The zero-order valence-corrected chi connectivity index (χ0v) is 10.7. The first kappa shape index (κ1) is 14.1. The fourth-order valence-electron chi connectivity index (χ4n) is 1.76. The molecule has 0 saturated heterocycles. The first-order valence-corrected chi connectivity index (χ1v) is 6.30. The first-order valence-electron chi connectivity index (χ1n) is 6.30. The minimum atomic E-state index is -0.196. The fraction of sp³-hybridized carbons (Fsp3) is 0.571. The Balaban J connectivity index is 2.56. The van der Waals surface area contributed by atoms with Crippen molar-refractivity contribution in [2.45, 2.75) is 32.3 Å². The molecule has 1 rings (SSSR count). The minimum absolute atomic E-state index is 0.191. The van der Waals surface area contributed by atoms with Gasteiger partial charge in [-0.25, -0.2) is 4.39 Å². The van der Waals surface area contributed by atoms with Crippen molar-refractivity contribution in [1.82, 2.24) is 5.32 Å². The molecule has 96 valence electrons. The molecule has 0 aliphatic rings. The van der Waals surface area contributed by atoms with Crippen LogP contribution in [0, 0.1) is 5.82 Å². The zero-order valence-electron chi connectivity index (χ0n) is 10.7. The molecule has 0 fully saturated rings. The number of hydrogen-bond acceptors (Lipinski definition) is 2. The van der Waals surface area contributed by atoms with Gasteiger partial charge in [-0.2, -0.15) is 0 Å². The second-order valence-electron chi connectivity index (χ2n) is 4.15. The van der Waals surface area contributed by atoms with Crippen LogP contribution < -0.4 is 5.32 Å². The number of ether oxygens (including phenoxy) is 1. The van der Waals surface area contributed by atoms with E-state index in [1.807, 2.05) is 13.1 Å². The fourth-order valence-corrected chi connectivity index (χ4v) is 1.76. The normalized spacial score (nSPS) is 12.6. The average molecular weight is 239 g/mol. The summed E-state index contributed by atoms with van der Waals surface area (Å²) < 4.78 is 19.4. The van der Waals surface area contributed by atoms with E-state index in [0.717, 1.165) is 12.8 Å². The summed E-state index contributed by atoms with van der Waals surface area (Å²) in [6.07, 6.45) is 3.16. The smallest absolute Gasteiger partial charge is 0.129 e. The summed E-state index contributed by atoms with van der Waals surface area (Å²) in [5, 5.41) is 3.04. The molecule has 0 bridgehead atoms. The number of benzene rings is 1.